The van der Waals surface area contributed by atoms with Crippen molar-refractivity contribution in [1.82, 2.24) is 14.7 Å². The first kappa shape index (κ1) is 11.7. The van der Waals surface area contributed by atoms with Crippen molar-refractivity contribution in [2.75, 3.05) is 13.1 Å². The lowest BCUT2D eigenvalue weighted by atomic mass is 10.2. The van der Waals surface area contributed by atoms with Gasteiger partial charge in [0.15, 0.2) is 0 Å². The second-order valence-corrected chi connectivity index (χ2v) is 3.84. The molecule has 0 radical (unpaired) electrons. The average Bonchev–Trinajstić information content (AvgIpc) is 2.62. The summed E-state index contributed by atoms with van der Waals surface area (Å²) in [6.07, 6.45) is 1.94. The molecule has 0 aromatic carbocycles. The monoisotopic (exact) mass is 206 g/mol. The van der Waals surface area contributed by atoms with Gasteiger partial charge in [-0.3, -0.25) is 9.58 Å². The Labute approximate surface area is 91.1 Å². The van der Waals surface area contributed by atoms with Gasteiger partial charge >= 0.3 is 0 Å². The molecule has 0 aliphatic rings. The van der Waals surface area contributed by atoms with Crippen LogP contribution in [0.25, 0.3) is 0 Å². The molecule has 0 amide bonds. The van der Waals surface area contributed by atoms with Crippen LogP contribution in [0.2, 0.25) is 0 Å². The third-order valence-corrected chi connectivity index (χ3v) is 2.35. The van der Waals surface area contributed by atoms with E-state index < -0.39 is 0 Å². The Hall–Kier alpha value is -1.34. The third kappa shape index (κ3) is 3.72. The molecule has 0 aliphatic carbocycles. The molecule has 4 nitrogen and oxygen atoms in total. The Balaban J connectivity index is 2.51. The summed E-state index contributed by atoms with van der Waals surface area (Å²) in [6, 6.07) is 4.27. The third-order valence-electron chi connectivity index (χ3n) is 2.35. The predicted molar refractivity (Wildman–Crippen MR) is 58.9 cm³/mol. The summed E-state index contributed by atoms with van der Waals surface area (Å²) < 4.78 is 1.80. The second kappa shape index (κ2) is 5.52. The number of nitriles is 1. The van der Waals surface area contributed by atoms with E-state index in [-0.39, 0.29) is 5.92 Å². The predicted octanol–water partition coefficient (Wildman–Crippen LogP) is 1.40. The highest BCUT2D eigenvalue weighted by atomic mass is 15.3. The van der Waals surface area contributed by atoms with Gasteiger partial charge in [0.2, 0.25) is 0 Å². The van der Waals surface area contributed by atoms with E-state index in [2.05, 4.69) is 23.0 Å². The number of aromatic nitrogens is 2. The highest BCUT2D eigenvalue weighted by Crippen LogP contribution is 2.04. The second-order valence-electron chi connectivity index (χ2n) is 3.84. The number of nitrogens with zero attached hydrogens (tertiary/aromatic N) is 4. The number of rotatable bonds is 5. The lowest BCUT2D eigenvalue weighted by Crippen LogP contribution is -2.27. The van der Waals surface area contributed by atoms with Gasteiger partial charge in [-0.25, -0.2) is 0 Å². The molecule has 0 saturated carbocycles. The molecule has 4 heteroatoms. The van der Waals surface area contributed by atoms with Crippen molar-refractivity contribution in [3.8, 4) is 6.07 Å². The minimum Gasteiger partial charge on any atom is -0.296 e. The van der Waals surface area contributed by atoms with Gasteiger partial charge in [-0.05, 0) is 19.5 Å². The lowest BCUT2D eigenvalue weighted by molar-refractivity contribution is 0.257. The van der Waals surface area contributed by atoms with Crippen LogP contribution in [-0.4, -0.2) is 27.8 Å². The van der Waals surface area contributed by atoms with Crippen LogP contribution in [0.3, 0.4) is 0 Å². The average molecular weight is 206 g/mol. The first-order chi connectivity index (χ1) is 7.15. The molecular formula is C11H18N4. The standard InChI is InChI=1S/C11H18N4/c1-4-15(8-10(2)7-12)9-11-5-6-14(3)13-11/h5-6,10H,4,8-9H2,1-3H3. The summed E-state index contributed by atoms with van der Waals surface area (Å²) in [5, 5.41) is 13.1. The van der Waals surface area contributed by atoms with Crippen LogP contribution in [-0.2, 0) is 13.6 Å². The molecule has 1 heterocycles. The molecule has 15 heavy (non-hydrogen) atoms. The van der Waals surface area contributed by atoms with E-state index in [4.69, 9.17) is 5.26 Å². The van der Waals surface area contributed by atoms with Crippen molar-refractivity contribution >= 4 is 0 Å². The molecule has 0 bridgehead atoms. The van der Waals surface area contributed by atoms with Gasteiger partial charge in [0.05, 0.1) is 17.7 Å². The van der Waals surface area contributed by atoms with Crippen molar-refractivity contribution < 1.29 is 0 Å². The summed E-state index contributed by atoms with van der Waals surface area (Å²) in [4.78, 5) is 2.23. The summed E-state index contributed by atoms with van der Waals surface area (Å²) >= 11 is 0. The Morgan fingerprint density at radius 1 is 1.67 bits per heavy atom. The zero-order valence-corrected chi connectivity index (χ0v) is 9.64. The van der Waals surface area contributed by atoms with E-state index >= 15 is 0 Å². The molecule has 0 aliphatic heterocycles. The molecule has 0 spiro atoms. The van der Waals surface area contributed by atoms with Crippen LogP contribution in [0.1, 0.15) is 19.5 Å². The van der Waals surface area contributed by atoms with Crippen molar-refractivity contribution in [3.63, 3.8) is 0 Å². The van der Waals surface area contributed by atoms with Gasteiger partial charge in [0, 0.05) is 26.3 Å². The van der Waals surface area contributed by atoms with Crippen LogP contribution >= 0.6 is 0 Å². The fourth-order valence-corrected chi connectivity index (χ4v) is 1.51. The van der Waals surface area contributed by atoms with Crippen LogP contribution in [0.4, 0.5) is 0 Å². The van der Waals surface area contributed by atoms with E-state index in [0.717, 1.165) is 25.3 Å². The summed E-state index contributed by atoms with van der Waals surface area (Å²) in [5.41, 5.74) is 1.06. The van der Waals surface area contributed by atoms with Gasteiger partial charge in [-0.1, -0.05) is 6.92 Å². The summed E-state index contributed by atoms with van der Waals surface area (Å²) in [6.45, 7) is 6.63. The molecule has 1 unspecified atom stereocenters. The molecule has 1 aromatic heterocycles. The summed E-state index contributed by atoms with van der Waals surface area (Å²) in [5.74, 6) is 0.0775. The maximum Gasteiger partial charge on any atom is 0.0764 e. The lowest BCUT2D eigenvalue weighted by Gasteiger charge is -2.20. The normalized spacial score (nSPS) is 12.7. The van der Waals surface area contributed by atoms with E-state index in [1.165, 1.54) is 0 Å². The number of aryl methyl sites for hydroxylation is 1. The van der Waals surface area contributed by atoms with Crippen LogP contribution < -0.4 is 0 Å². The van der Waals surface area contributed by atoms with Crippen LogP contribution in [0, 0.1) is 17.2 Å². The smallest absolute Gasteiger partial charge is 0.0764 e. The van der Waals surface area contributed by atoms with E-state index in [0.29, 0.717) is 0 Å². The van der Waals surface area contributed by atoms with E-state index in [9.17, 15) is 0 Å². The fourth-order valence-electron chi connectivity index (χ4n) is 1.51. The van der Waals surface area contributed by atoms with Gasteiger partial charge < -0.3 is 0 Å². The van der Waals surface area contributed by atoms with Gasteiger partial charge in [-0.2, -0.15) is 10.4 Å². The largest absolute Gasteiger partial charge is 0.296 e. The van der Waals surface area contributed by atoms with Crippen molar-refractivity contribution in [2.45, 2.75) is 20.4 Å². The molecular weight excluding hydrogens is 188 g/mol. The van der Waals surface area contributed by atoms with Gasteiger partial charge in [0.1, 0.15) is 0 Å². The molecule has 0 saturated heterocycles. The van der Waals surface area contributed by atoms with Gasteiger partial charge in [-0.15, -0.1) is 0 Å². The number of hydrogen-bond acceptors (Lipinski definition) is 3. The Kier molecular flexibility index (Phi) is 4.32. The zero-order valence-electron chi connectivity index (χ0n) is 9.64. The molecule has 1 atom stereocenters. The number of hydrogen-bond donors (Lipinski definition) is 0. The Bertz CT molecular complexity index is 337. The van der Waals surface area contributed by atoms with Gasteiger partial charge in [0.25, 0.3) is 0 Å². The van der Waals surface area contributed by atoms with E-state index in [1.807, 2.05) is 26.2 Å². The minimum absolute atomic E-state index is 0.0775. The molecule has 0 fully saturated rings. The first-order valence-corrected chi connectivity index (χ1v) is 5.26. The van der Waals surface area contributed by atoms with Crippen molar-refractivity contribution in [2.24, 2.45) is 13.0 Å². The van der Waals surface area contributed by atoms with E-state index in [1.54, 1.807) is 4.68 Å². The quantitative estimate of drug-likeness (QED) is 0.731. The maximum atomic E-state index is 8.75. The molecule has 1 rings (SSSR count). The van der Waals surface area contributed by atoms with Crippen molar-refractivity contribution in [3.05, 3.63) is 18.0 Å². The molecule has 1 aromatic rings. The fraction of sp³-hybridized carbons (Fsp3) is 0.636. The molecule has 82 valence electrons. The first-order valence-electron chi connectivity index (χ1n) is 5.26. The van der Waals surface area contributed by atoms with Crippen molar-refractivity contribution in [1.29, 1.82) is 5.26 Å². The molecule has 0 N–H and O–H groups in total. The highest BCUT2D eigenvalue weighted by Gasteiger charge is 2.09. The summed E-state index contributed by atoms with van der Waals surface area (Å²) in [7, 11) is 1.91. The Morgan fingerprint density at radius 2 is 2.40 bits per heavy atom. The minimum atomic E-state index is 0.0775. The highest BCUT2D eigenvalue weighted by molar-refractivity contribution is 4.98. The maximum absolute atomic E-state index is 8.75. The Morgan fingerprint density at radius 3 is 2.87 bits per heavy atom. The SMILES string of the molecule is CCN(Cc1ccn(C)n1)CC(C)C#N. The van der Waals surface area contributed by atoms with Crippen LogP contribution in [0.5, 0.6) is 0 Å². The topological polar surface area (TPSA) is 44.9 Å². The van der Waals surface area contributed by atoms with Crippen LogP contribution in [0.15, 0.2) is 12.3 Å². The zero-order chi connectivity index (χ0) is 11.3.